The second-order valence-electron chi connectivity index (χ2n) is 9.58. The highest BCUT2D eigenvalue weighted by Gasteiger charge is 2.47. The van der Waals surface area contributed by atoms with Crippen LogP contribution in [-0.2, 0) is 9.59 Å². The number of carbonyl (C=O) groups excluding carboxylic acids is 2. The maximum atomic E-state index is 13.6. The highest BCUT2D eigenvalue weighted by Crippen LogP contribution is 2.47. The van der Waals surface area contributed by atoms with Gasteiger partial charge in [0.05, 0.1) is 40.1 Å². The van der Waals surface area contributed by atoms with Crippen molar-refractivity contribution in [3.8, 4) is 23.0 Å². The predicted octanol–water partition coefficient (Wildman–Crippen LogP) is 5.78. The molecule has 0 radical (unpaired) electrons. The second-order valence-corrected chi connectivity index (χ2v) is 9.58. The van der Waals surface area contributed by atoms with Crippen LogP contribution < -0.4 is 23.8 Å². The van der Waals surface area contributed by atoms with Gasteiger partial charge < -0.3 is 24.1 Å². The zero-order valence-electron chi connectivity index (χ0n) is 23.2. The lowest BCUT2D eigenvalue weighted by Crippen LogP contribution is -2.29. The van der Waals surface area contributed by atoms with Gasteiger partial charge in [-0.25, -0.2) is 0 Å². The molecule has 8 heteroatoms. The van der Waals surface area contributed by atoms with E-state index in [1.54, 1.807) is 43.5 Å². The fourth-order valence-corrected chi connectivity index (χ4v) is 4.94. The van der Waals surface area contributed by atoms with Gasteiger partial charge in [-0.3, -0.25) is 14.5 Å². The van der Waals surface area contributed by atoms with E-state index in [2.05, 4.69) is 0 Å². The van der Waals surface area contributed by atoms with E-state index in [-0.39, 0.29) is 17.3 Å². The summed E-state index contributed by atoms with van der Waals surface area (Å²) in [5.41, 5.74) is 3.15. The Kier molecular flexibility index (Phi) is 7.85. The summed E-state index contributed by atoms with van der Waals surface area (Å²) in [5, 5.41) is 11.6. The Labute approximate surface area is 228 Å². The van der Waals surface area contributed by atoms with Crippen molar-refractivity contribution < 1.29 is 33.6 Å². The number of amides is 1. The number of rotatable bonds is 8. The molecule has 0 saturated carbocycles. The van der Waals surface area contributed by atoms with Gasteiger partial charge in [0, 0.05) is 11.3 Å². The Bertz CT molecular complexity index is 1430. The number of methoxy groups -OCH3 is 4. The zero-order valence-corrected chi connectivity index (χ0v) is 23.2. The van der Waals surface area contributed by atoms with Crippen LogP contribution in [0.1, 0.15) is 48.1 Å². The Morgan fingerprint density at radius 2 is 1.49 bits per heavy atom. The minimum absolute atomic E-state index is 0.0457. The van der Waals surface area contributed by atoms with Crippen LogP contribution >= 0.6 is 0 Å². The van der Waals surface area contributed by atoms with E-state index in [4.69, 9.17) is 18.9 Å². The molecule has 204 valence electrons. The first-order valence-electron chi connectivity index (χ1n) is 12.5. The van der Waals surface area contributed by atoms with Crippen LogP contribution in [-0.4, -0.2) is 45.2 Å². The monoisotopic (exact) mass is 531 g/mol. The van der Waals surface area contributed by atoms with E-state index < -0.39 is 17.7 Å². The van der Waals surface area contributed by atoms with Gasteiger partial charge in [0.15, 0.2) is 11.5 Å². The van der Waals surface area contributed by atoms with Crippen LogP contribution in [0.2, 0.25) is 0 Å². The number of benzene rings is 3. The quantitative estimate of drug-likeness (QED) is 0.224. The van der Waals surface area contributed by atoms with E-state index in [0.717, 1.165) is 11.1 Å². The average Bonchev–Trinajstić information content (AvgIpc) is 3.21. The molecule has 1 aliphatic heterocycles. The molecule has 1 aliphatic rings. The fraction of sp³-hybridized carbons (Fsp3) is 0.290. The number of aryl methyl sites for hydroxylation is 1. The minimum atomic E-state index is -0.967. The van der Waals surface area contributed by atoms with Gasteiger partial charge in [-0.05, 0) is 72.0 Å². The van der Waals surface area contributed by atoms with E-state index in [1.165, 1.54) is 26.2 Å². The molecule has 1 fully saturated rings. The molecule has 0 bridgehead atoms. The van der Waals surface area contributed by atoms with Crippen LogP contribution in [0.25, 0.3) is 5.76 Å². The molecular formula is C31H33NO7. The van der Waals surface area contributed by atoms with Gasteiger partial charge in [-0.15, -0.1) is 0 Å². The molecule has 3 aromatic rings. The molecule has 0 aliphatic carbocycles. The molecule has 1 amide bonds. The number of Topliss-reactive ketones (excluding diaryl/α,β-unsaturated/α-hetero) is 1. The summed E-state index contributed by atoms with van der Waals surface area (Å²) in [6, 6.07) is 14.9. The summed E-state index contributed by atoms with van der Waals surface area (Å²) in [5.74, 6) is 0.00524. The molecule has 3 aromatic carbocycles. The molecule has 8 nitrogen and oxygen atoms in total. The van der Waals surface area contributed by atoms with Gasteiger partial charge in [0.25, 0.3) is 11.7 Å². The fourth-order valence-electron chi connectivity index (χ4n) is 4.94. The van der Waals surface area contributed by atoms with Crippen molar-refractivity contribution in [2.45, 2.75) is 32.7 Å². The van der Waals surface area contributed by atoms with E-state index in [1.807, 2.05) is 39.0 Å². The van der Waals surface area contributed by atoms with Crippen LogP contribution in [0.15, 0.2) is 60.2 Å². The highest BCUT2D eigenvalue weighted by atomic mass is 16.5. The molecule has 1 atom stereocenters. The zero-order chi connectivity index (χ0) is 28.4. The van der Waals surface area contributed by atoms with Crippen molar-refractivity contribution in [2.24, 2.45) is 0 Å². The third-order valence-electron chi connectivity index (χ3n) is 6.85. The maximum Gasteiger partial charge on any atom is 0.300 e. The van der Waals surface area contributed by atoms with E-state index in [0.29, 0.717) is 39.8 Å². The summed E-state index contributed by atoms with van der Waals surface area (Å²) < 4.78 is 22.1. The normalized spacial score (nSPS) is 16.5. The molecule has 0 spiro atoms. The summed E-state index contributed by atoms with van der Waals surface area (Å²) >= 11 is 0. The largest absolute Gasteiger partial charge is 0.507 e. The summed E-state index contributed by atoms with van der Waals surface area (Å²) in [6.07, 6.45) is 0. The molecule has 4 rings (SSSR count). The van der Waals surface area contributed by atoms with Gasteiger partial charge in [-0.1, -0.05) is 26.0 Å². The molecule has 0 aromatic heterocycles. The minimum Gasteiger partial charge on any atom is -0.507 e. The number of ether oxygens (including phenoxy) is 4. The Morgan fingerprint density at radius 1 is 0.846 bits per heavy atom. The van der Waals surface area contributed by atoms with Gasteiger partial charge in [0.1, 0.15) is 11.5 Å². The van der Waals surface area contributed by atoms with Crippen molar-refractivity contribution in [3.05, 3.63) is 82.4 Å². The van der Waals surface area contributed by atoms with E-state index >= 15 is 0 Å². The number of hydrogen-bond donors (Lipinski definition) is 1. The molecule has 1 heterocycles. The Hall–Kier alpha value is -4.46. The summed E-state index contributed by atoms with van der Waals surface area (Å²) in [7, 11) is 6.06. The molecular weight excluding hydrogens is 498 g/mol. The number of ketones is 1. The highest BCUT2D eigenvalue weighted by molar-refractivity contribution is 6.51. The smallest absolute Gasteiger partial charge is 0.300 e. The number of aliphatic hydroxyl groups is 1. The first kappa shape index (κ1) is 27.6. The molecule has 1 unspecified atom stereocenters. The average molecular weight is 532 g/mol. The van der Waals surface area contributed by atoms with Crippen molar-refractivity contribution in [3.63, 3.8) is 0 Å². The lowest BCUT2D eigenvalue weighted by Gasteiger charge is -2.27. The third kappa shape index (κ3) is 4.90. The Balaban J connectivity index is 2.03. The lowest BCUT2D eigenvalue weighted by atomic mass is 9.92. The summed E-state index contributed by atoms with van der Waals surface area (Å²) in [6.45, 7) is 5.92. The molecule has 1 saturated heterocycles. The topological polar surface area (TPSA) is 94.5 Å². The number of carbonyl (C=O) groups is 2. The first-order chi connectivity index (χ1) is 18.7. The number of nitrogens with zero attached hydrogens (tertiary/aromatic N) is 1. The van der Waals surface area contributed by atoms with Crippen LogP contribution in [0.5, 0.6) is 23.0 Å². The number of hydrogen-bond acceptors (Lipinski definition) is 7. The summed E-state index contributed by atoms with van der Waals surface area (Å²) in [4.78, 5) is 28.6. The van der Waals surface area contributed by atoms with Crippen molar-refractivity contribution in [1.82, 2.24) is 0 Å². The van der Waals surface area contributed by atoms with Gasteiger partial charge >= 0.3 is 0 Å². The van der Waals surface area contributed by atoms with Crippen LogP contribution in [0.4, 0.5) is 5.69 Å². The number of aliphatic hydroxyl groups excluding tert-OH is 1. The lowest BCUT2D eigenvalue weighted by molar-refractivity contribution is -0.132. The second kappa shape index (κ2) is 11.1. The maximum absolute atomic E-state index is 13.6. The SMILES string of the molecule is COc1ccc(/C(O)=C2\C(=O)C(=O)N(c3cccc(C)c3)C2c2cc(OC)c(OC)c(OC)c2)cc1C(C)C. The standard InChI is InChI=1S/C31H33NO7/c1-17(2)22-14-19(11-12-23(22)36-4)28(33)26-27(20-15-24(37-5)30(39-7)25(16-20)38-6)32(31(35)29(26)34)21-10-8-9-18(3)13-21/h8-17,27,33H,1-7H3/b28-26+. The van der Waals surface area contributed by atoms with E-state index in [9.17, 15) is 14.7 Å². The van der Waals surface area contributed by atoms with Crippen molar-refractivity contribution >= 4 is 23.1 Å². The molecule has 1 N–H and O–H groups in total. The molecule has 39 heavy (non-hydrogen) atoms. The van der Waals surface area contributed by atoms with Gasteiger partial charge in [-0.2, -0.15) is 0 Å². The van der Waals surface area contributed by atoms with Gasteiger partial charge in [0.2, 0.25) is 5.75 Å². The van der Waals surface area contributed by atoms with Crippen LogP contribution in [0.3, 0.4) is 0 Å². The third-order valence-corrected chi connectivity index (χ3v) is 6.85. The van der Waals surface area contributed by atoms with Crippen molar-refractivity contribution in [2.75, 3.05) is 33.3 Å². The predicted molar refractivity (Wildman–Crippen MR) is 149 cm³/mol. The Morgan fingerprint density at radius 3 is 2.03 bits per heavy atom. The van der Waals surface area contributed by atoms with Crippen LogP contribution in [0, 0.1) is 6.92 Å². The first-order valence-corrected chi connectivity index (χ1v) is 12.5. The van der Waals surface area contributed by atoms with Crippen molar-refractivity contribution in [1.29, 1.82) is 0 Å². The number of anilines is 1.